The minimum absolute atomic E-state index is 0.0539. The minimum atomic E-state index is 0.0539. The van der Waals surface area contributed by atoms with Gasteiger partial charge in [0, 0.05) is 19.6 Å². The van der Waals surface area contributed by atoms with E-state index in [4.69, 9.17) is 9.47 Å². The van der Waals surface area contributed by atoms with Crippen molar-refractivity contribution in [2.24, 2.45) is 11.3 Å². The molecule has 0 aromatic carbocycles. The first kappa shape index (κ1) is 14.3. The zero-order valence-corrected chi connectivity index (χ0v) is 12.3. The Balaban J connectivity index is 1.90. The van der Waals surface area contributed by atoms with Crippen LogP contribution in [0.4, 0.5) is 0 Å². The van der Waals surface area contributed by atoms with Gasteiger partial charge >= 0.3 is 0 Å². The maximum atomic E-state index is 6.04. The molecule has 1 spiro atoms. The summed E-state index contributed by atoms with van der Waals surface area (Å²) in [5.74, 6) is 0.770. The highest BCUT2D eigenvalue weighted by atomic mass is 16.6. The van der Waals surface area contributed by atoms with Crippen molar-refractivity contribution in [1.29, 1.82) is 0 Å². The zero-order chi connectivity index (χ0) is 13.1. The van der Waals surface area contributed by atoms with E-state index in [-0.39, 0.29) is 5.60 Å². The lowest BCUT2D eigenvalue weighted by atomic mass is 9.68. The fourth-order valence-electron chi connectivity index (χ4n) is 3.35. The van der Waals surface area contributed by atoms with E-state index in [2.05, 4.69) is 26.1 Å². The molecule has 2 unspecified atom stereocenters. The quantitative estimate of drug-likeness (QED) is 0.766. The van der Waals surface area contributed by atoms with Crippen LogP contribution in [0.3, 0.4) is 0 Å². The number of hydrogen-bond donors (Lipinski definition) is 1. The van der Waals surface area contributed by atoms with Crippen LogP contribution in [0.2, 0.25) is 0 Å². The standard InChI is InChI=1S/C15H29NO2/c1-4-16-8-6-14(2,3)13-5-9-18-15(11-13)7-10-17-12-15/h13,16H,4-12H2,1-3H3. The van der Waals surface area contributed by atoms with Crippen molar-refractivity contribution in [3.8, 4) is 0 Å². The van der Waals surface area contributed by atoms with Gasteiger partial charge in [-0.2, -0.15) is 0 Å². The van der Waals surface area contributed by atoms with Crippen molar-refractivity contribution in [1.82, 2.24) is 5.32 Å². The Morgan fingerprint density at radius 2 is 2.17 bits per heavy atom. The molecule has 0 radical (unpaired) electrons. The Labute approximate surface area is 112 Å². The summed E-state index contributed by atoms with van der Waals surface area (Å²) in [4.78, 5) is 0. The normalized spacial score (nSPS) is 33.2. The van der Waals surface area contributed by atoms with E-state index in [1.807, 2.05) is 0 Å². The summed E-state index contributed by atoms with van der Waals surface area (Å²) in [6.45, 7) is 11.8. The van der Waals surface area contributed by atoms with E-state index in [9.17, 15) is 0 Å². The molecular weight excluding hydrogens is 226 g/mol. The molecule has 0 aromatic rings. The van der Waals surface area contributed by atoms with Gasteiger partial charge in [0.1, 0.15) is 0 Å². The molecule has 1 N–H and O–H groups in total. The van der Waals surface area contributed by atoms with Crippen LogP contribution >= 0.6 is 0 Å². The fraction of sp³-hybridized carbons (Fsp3) is 1.00. The molecule has 2 saturated heterocycles. The van der Waals surface area contributed by atoms with Crippen molar-refractivity contribution < 1.29 is 9.47 Å². The lowest BCUT2D eigenvalue weighted by Crippen LogP contribution is -2.44. The molecule has 2 aliphatic rings. The Kier molecular flexibility index (Phi) is 4.68. The molecule has 18 heavy (non-hydrogen) atoms. The minimum Gasteiger partial charge on any atom is -0.378 e. The number of ether oxygens (including phenoxy) is 2. The molecule has 3 heteroatoms. The monoisotopic (exact) mass is 255 g/mol. The topological polar surface area (TPSA) is 30.5 Å². The summed E-state index contributed by atoms with van der Waals surface area (Å²) in [6, 6.07) is 0. The third-order valence-electron chi connectivity index (χ3n) is 4.86. The summed E-state index contributed by atoms with van der Waals surface area (Å²) in [6.07, 6.45) is 4.74. The van der Waals surface area contributed by atoms with Gasteiger partial charge in [0.25, 0.3) is 0 Å². The molecule has 2 atom stereocenters. The lowest BCUT2D eigenvalue weighted by molar-refractivity contribution is -0.116. The van der Waals surface area contributed by atoms with Gasteiger partial charge in [-0.3, -0.25) is 0 Å². The van der Waals surface area contributed by atoms with Crippen LogP contribution in [0.15, 0.2) is 0 Å². The van der Waals surface area contributed by atoms with Crippen molar-refractivity contribution in [2.75, 3.05) is 32.9 Å². The maximum Gasteiger partial charge on any atom is 0.0939 e. The van der Waals surface area contributed by atoms with E-state index in [0.717, 1.165) is 45.2 Å². The Bertz CT molecular complexity index is 259. The molecule has 2 heterocycles. The highest BCUT2D eigenvalue weighted by Crippen LogP contribution is 2.44. The summed E-state index contributed by atoms with van der Waals surface area (Å²) < 4.78 is 11.6. The first-order chi connectivity index (χ1) is 8.58. The molecule has 0 aromatic heterocycles. The molecule has 3 nitrogen and oxygen atoms in total. The van der Waals surface area contributed by atoms with Crippen LogP contribution < -0.4 is 5.32 Å². The second-order valence-corrected chi connectivity index (χ2v) is 6.62. The predicted octanol–water partition coefficient (Wildman–Crippen LogP) is 2.60. The van der Waals surface area contributed by atoms with Gasteiger partial charge in [0.2, 0.25) is 0 Å². The van der Waals surface area contributed by atoms with Gasteiger partial charge in [-0.25, -0.2) is 0 Å². The van der Waals surface area contributed by atoms with Crippen LogP contribution in [0.25, 0.3) is 0 Å². The van der Waals surface area contributed by atoms with Crippen LogP contribution in [0.1, 0.15) is 46.5 Å². The van der Waals surface area contributed by atoms with Gasteiger partial charge in [-0.15, -0.1) is 0 Å². The van der Waals surface area contributed by atoms with Gasteiger partial charge in [-0.05, 0) is 43.7 Å². The Hall–Kier alpha value is -0.120. The highest BCUT2D eigenvalue weighted by molar-refractivity contribution is 4.94. The molecule has 0 bridgehead atoms. The van der Waals surface area contributed by atoms with Gasteiger partial charge in [0.05, 0.1) is 12.2 Å². The fourth-order valence-corrected chi connectivity index (χ4v) is 3.35. The largest absolute Gasteiger partial charge is 0.378 e. The van der Waals surface area contributed by atoms with E-state index in [1.54, 1.807) is 0 Å². The lowest BCUT2D eigenvalue weighted by Gasteiger charge is -2.44. The number of nitrogens with one attached hydrogen (secondary N) is 1. The molecule has 2 aliphatic heterocycles. The second kappa shape index (κ2) is 5.89. The van der Waals surface area contributed by atoms with Crippen LogP contribution in [0.5, 0.6) is 0 Å². The third-order valence-corrected chi connectivity index (χ3v) is 4.86. The van der Waals surface area contributed by atoms with Crippen LogP contribution in [-0.2, 0) is 9.47 Å². The van der Waals surface area contributed by atoms with Crippen molar-refractivity contribution in [2.45, 2.75) is 52.1 Å². The van der Waals surface area contributed by atoms with Crippen LogP contribution in [-0.4, -0.2) is 38.5 Å². The molecule has 0 saturated carbocycles. The van der Waals surface area contributed by atoms with E-state index in [1.165, 1.54) is 19.3 Å². The van der Waals surface area contributed by atoms with Crippen molar-refractivity contribution >= 4 is 0 Å². The first-order valence-corrected chi connectivity index (χ1v) is 7.50. The van der Waals surface area contributed by atoms with E-state index < -0.39 is 0 Å². The summed E-state index contributed by atoms with van der Waals surface area (Å²) in [5, 5.41) is 3.45. The van der Waals surface area contributed by atoms with Crippen LogP contribution in [0, 0.1) is 11.3 Å². The average Bonchev–Trinajstić information content (AvgIpc) is 2.77. The Morgan fingerprint density at radius 1 is 1.33 bits per heavy atom. The molecule has 2 rings (SSSR count). The number of hydrogen-bond acceptors (Lipinski definition) is 3. The highest BCUT2D eigenvalue weighted by Gasteiger charge is 2.44. The Morgan fingerprint density at radius 3 is 2.83 bits per heavy atom. The molecule has 106 valence electrons. The summed E-state index contributed by atoms with van der Waals surface area (Å²) in [7, 11) is 0. The first-order valence-electron chi connectivity index (χ1n) is 7.50. The molecule has 0 aliphatic carbocycles. The molecule has 2 fully saturated rings. The van der Waals surface area contributed by atoms with Gasteiger partial charge in [0.15, 0.2) is 0 Å². The zero-order valence-electron chi connectivity index (χ0n) is 12.3. The second-order valence-electron chi connectivity index (χ2n) is 6.62. The van der Waals surface area contributed by atoms with E-state index in [0.29, 0.717) is 5.41 Å². The van der Waals surface area contributed by atoms with Crippen molar-refractivity contribution in [3.05, 3.63) is 0 Å². The average molecular weight is 255 g/mol. The number of rotatable bonds is 5. The maximum absolute atomic E-state index is 6.04. The van der Waals surface area contributed by atoms with Gasteiger partial charge < -0.3 is 14.8 Å². The SMILES string of the molecule is CCNCCC(C)(C)C1CCOC2(CCOC2)C1. The van der Waals surface area contributed by atoms with Crippen molar-refractivity contribution in [3.63, 3.8) is 0 Å². The molecular formula is C15H29NO2. The summed E-state index contributed by atoms with van der Waals surface area (Å²) >= 11 is 0. The van der Waals surface area contributed by atoms with E-state index >= 15 is 0 Å². The summed E-state index contributed by atoms with van der Waals surface area (Å²) in [5.41, 5.74) is 0.458. The smallest absolute Gasteiger partial charge is 0.0939 e. The molecule has 0 amide bonds. The predicted molar refractivity (Wildman–Crippen MR) is 73.8 cm³/mol. The third kappa shape index (κ3) is 3.25. The van der Waals surface area contributed by atoms with Gasteiger partial charge in [-0.1, -0.05) is 20.8 Å².